The van der Waals surface area contributed by atoms with Crippen LogP contribution < -0.4 is 11.1 Å². The van der Waals surface area contributed by atoms with Gasteiger partial charge in [0.15, 0.2) is 0 Å². The summed E-state index contributed by atoms with van der Waals surface area (Å²) in [7, 11) is 0. The monoisotopic (exact) mass is 328 g/mol. The molecule has 0 spiro atoms. The average molecular weight is 329 g/mol. The van der Waals surface area contributed by atoms with Gasteiger partial charge in [-0.15, -0.1) is 0 Å². The number of carbonyl (C=O) groups is 1. The number of nitrogens with two attached hydrogens (primary N) is 1. The first-order valence-corrected chi connectivity index (χ1v) is 6.78. The third-order valence-corrected chi connectivity index (χ3v) is 3.64. The third kappa shape index (κ3) is 3.00. The number of rotatable bonds is 4. The fourth-order valence-corrected chi connectivity index (χ4v) is 2.37. The van der Waals surface area contributed by atoms with E-state index in [4.69, 9.17) is 18.0 Å². The number of hydrogen-bond acceptors (Lipinski definition) is 3. The van der Waals surface area contributed by atoms with Crippen molar-refractivity contribution in [3.8, 4) is 5.75 Å². The van der Waals surface area contributed by atoms with Crippen LogP contribution in [0.2, 0.25) is 0 Å². The molecule has 0 aromatic heterocycles. The van der Waals surface area contributed by atoms with Crippen LogP contribution in [0, 0.1) is 5.92 Å². The molecule has 1 aliphatic rings. The highest BCUT2D eigenvalue weighted by atomic mass is 79.9. The summed E-state index contributed by atoms with van der Waals surface area (Å²) in [5.41, 5.74) is 5.84. The lowest BCUT2D eigenvalue weighted by Gasteiger charge is -2.17. The predicted octanol–water partition coefficient (Wildman–Crippen LogP) is 1.95. The number of nitrogens with one attached hydrogen (secondary N) is 1. The molecule has 4 N–H and O–H groups in total. The second kappa shape index (κ2) is 5.24. The van der Waals surface area contributed by atoms with Crippen molar-refractivity contribution in [2.75, 3.05) is 0 Å². The topological polar surface area (TPSA) is 75.3 Å². The Labute approximate surface area is 119 Å². The van der Waals surface area contributed by atoms with E-state index >= 15 is 0 Å². The Morgan fingerprint density at radius 1 is 1.56 bits per heavy atom. The summed E-state index contributed by atoms with van der Waals surface area (Å²) in [6.07, 6.45) is 2.04. The van der Waals surface area contributed by atoms with Gasteiger partial charge in [-0.2, -0.15) is 0 Å². The summed E-state index contributed by atoms with van der Waals surface area (Å²) in [6.45, 7) is 0. The molecule has 4 nitrogen and oxygen atoms in total. The van der Waals surface area contributed by atoms with E-state index in [9.17, 15) is 9.90 Å². The second-order valence-corrected chi connectivity index (χ2v) is 5.74. The summed E-state index contributed by atoms with van der Waals surface area (Å²) >= 11 is 8.17. The minimum absolute atomic E-state index is 0.0700. The fraction of sp³-hybridized carbons (Fsp3) is 0.333. The maximum atomic E-state index is 12.0. The zero-order valence-corrected chi connectivity index (χ0v) is 11.9. The minimum Gasteiger partial charge on any atom is -0.507 e. The number of amides is 1. The molecule has 1 saturated carbocycles. The maximum Gasteiger partial charge on any atom is 0.255 e. The van der Waals surface area contributed by atoms with Gasteiger partial charge in [0.1, 0.15) is 5.75 Å². The molecule has 1 atom stereocenters. The van der Waals surface area contributed by atoms with Gasteiger partial charge in [-0.3, -0.25) is 4.79 Å². The fourth-order valence-electron chi connectivity index (χ4n) is 1.77. The summed E-state index contributed by atoms with van der Waals surface area (Å²) < 4.78 is 0.713. The SMILES string of the molecule is NC(=S)C(NC(=O)c1ccc(Br)cc1O)C1CC1. The van der Waals surface area contributed by atoms with Crippen LogP contribution in [0.1, 0.15) is 23.2 Å². The normalized spacial score (nSPS) is 16.1. The molecule has 1 aliphatic carbocycles. The van der Waals surface area contributed by atoms with Gasteiger partial charge in [-0.05, 0) is 37.0 Å². The number of halogens is 1. The molecular weight excluding hydrogens is 316 g/mol. The molecule has 0 radical (unpaired) electrons. The van der Waals surface area contributed by atoms with E-state index in [2.05, 4.69) is 21.2 Å². The van der Waals surface area contributed by atoms with Crippen molar-refractivity contribution in [1.29, 1.82) is 0 Å². The van der Waals surface area contributed by atoms with Gasteiger partial charge >= 0.3 is 0 Å². The lowest BCUT2D eigenvalue weighted by molar-refractivity contribution is 0.0941. The van der Waals surface area contributed by atoms with Gasteiger partial charge in [0.25, 0.3) is 5.91 Å². The second-order valence-electron chi connectivity index (χ2n) is 4.35. The van der Waals surface area contributed by atoms with Crippen molar-refractivity contribution in [2.24, 2.45) is 11.7 Å². The van der Waals surface area contributed by atoms with Gasteiger partial charge in [-0.25, -0.2) is 0 Å². The van der Waals surface area contributed by atoms with Gasteiger partial charge in [0, 0.05) is 4.47 Å². The summed E-state index contributed by atoms with van der Waals surface area (Å²) in [5.74, 6) is -0.0897. The molecule has 0 bridgehead atoms. The summed E-state index contributed by atoms with van der Waals surface area (Å²) in [6, 6.07) is 4.44. The van der Waals surface area contributed by atoms with E-state index in [-0.39, 0.29) is 23.3 Å². The number of thiocarbonyl (C=S) groups is 1. The van der Waals surface area contributed by atoms with Crippen LogP contribution in [0.3, 0.4) is 0 Å². The van der Waals surface area contributed by atoms with Crippen LogP contribution in [0.4, 0.5) is 0 Å². The molecular formula is C12H13BrN2O2S. The Morgan fingerprint density at radius 2 is 2.22 bits per heavy atom. The molecule has 6 heteroatoms. The van der Waals surface area contributed by atoms with Crippen molar-refractivity contribution < 1.29 is 9.90 Å². The number of benzene rings is 1. The Morgan fingerprint density at radius 3 is 2.72 bits per heavy atom. The molecule has 1 aromatic rings. The van der Waals surface area contributed by atoms with Gasteiger partial charge in [-0.1, -0.05) is 28.1 Å². The summed E-state index contributed by atoms with van der Waals surface area (Å²) in [4.78, 5) is 12.3. The van der Waals surface area contributed by atoms with Crippen molar-refractivity contribution >= 4 is 39.0 Å². The van der Waals surface area contributed by atoms with Crippen LogP contribution in [0.5, 0.6) is 5.75 Å². The molecule has 0 aliphatic heterocycles. The Bertz CT molecular complexity index is 503. The van der Waals surface area contributed by atoms with Crippen LogP contribution in [0.15, 0.2) is 22.7 Å². The molecule has 0 saturated heterocycles. The number of phenols is 1. The molecule has 2 rings (SSSR count). The molecule has 0 heterocycles. The van der Waals surface area contributed by atoms with Crippen LogP contribution >= 0.6 is 28.1 Å². The molecule has 1 amide bonds. The van der Waals surface area contributed by atoms with Crippen LogP contribution in [0.25, 0.3) is 0 Å². The van der Waals surface area contributed by atoms with E-state index < -0.39 is 0 Å². The Balaban J connectivity index is 2.13. The highest BCUT2D eigenvalue weighted by Gasteiger charge is 2.34. The first kappa shape index (κ1) is 13.3. The predicted molar refractivity (Wildman–Crippen MR) is 76.6 cm³/mol. The number of hydrogen-bond donors (Lipinski definition) is 3. The molecule has 1 fully saturated rings. The molecule has 1 aromatic carbocycles. The highest BCUT2D eigenvalue weighted by Crippen LogP contribution is 2.33. The van der Waals surface area contributed by atoms with Gasteiger partial charge in [0.05, 0.1) is 16.6 Å². The number of phenolic OH excluding ortho intramolecular Hbond substituents is 1. The largest absolute Gasteiger partial charge is 0.507 e. The van der Waals surface area contributed by atoms with Crippen molar-refractivity contribution in [3.63, 3.8) is 0 Å². The minimum atomic E-state index is -0.357. The van der Waals surface area contributed by atoms with Crippen LogP contribution in [-0.2, 0) is 0 Å². The standard InChI is InChI=1S/C12H13BrN2O2S/c13-7-3-4-8(9(16)5-7)12(17)15-10(11(14)18)6-1-2-6/h3-6,10,16H,1-2H2,(H2,14,18)(H,15,17). The van der Waals surface area contributed by atoms with Crippen molar-refractivity contribution in [3.05, 3.63) is 28.2 Å². The van der Waals surface area contributed by atoms with Gasteiger partial charge < -0.3 is 16.2 Å². The van der Waals surface area contributed by atoms with E-state index in [1.54, 1.807) is 12.1 Å². The zero-order chi connectivity index (χ0) is 13.3. The van der Waals surface area contributed by atoms with Crippen molar-refractivity contribution in [1.82, 2.24) is 5.32 Å². The maximum absolute atomic E-state index is 12.0. The van der Waals surface area contributed by atoms with Gasteiger partial charge in [0.2, 0.25) is 0 Å². The van der Waals surface area contributed by atoms with E-state index in [0.29, 0.717) is 15.4 Å². The van der Waals surface area contributed by atoms with Crippen molar-refractivity contribution in [2.45, 2.75) is 18.9 Å². The Hall–Kier alpha value is -1.14. The lowest BCUT2D eigenvalue weighted by Crippen LogP contribution is -2.45. The third-order valence-electron chi connectivity index (χ3n) is 2.89. The molecule has 1 unspecified atom stereocenters. The molecule has 18 heavy (non-hydrogen) atoms. The molecule has 96 valence electrons. The number of aromatic hydroxyl groups is 1. The quantitative estimate of drug-likeness (QED) is 0.738. The first-order valence-electron chi connectivity index (χ1n) is 5.57. The van der Waals surface area contributed by atoms with E-state index in [1.165, 1.54) is 6.07 Å². The van der Waals surface area contributed by atoms with E-state index in [1.807, 2.05) is 0 Å². The summed E-state index contributed by atoms with van der Waals surface area (Å²) in [5, 5.41) is 12.5. The highest BCUT2D eigenvalue weighted by molar-refractivity contribution is 9.10. The smallest absolute Gasteiger partial charge is 0.255 e. The average Bonchev–Trinajstić information content (AvgIpc) is 3.08. The van der Waals surface area contributed by atoms with E-state index in [0.717, 1.165) is 12.8 Å². The lowest BCUT2D eigenvalue weighted by atomic mass is 10.1. The Kier molecular flexibility index (Phi) is 3.87. The van der Waals surface area contributed by atoms with Crippen LogP contribution in [-0.4, -0.2) is 22.0 Å². The first-order chi connectivity index (χ1) is 8.49. The number of carbonyl (C=O) groups excluding carboxylic acids is 1. The zero-order valence-electron chi connectivity index (χ0n) is 9.52.